The molecular weight excluding hydrogens is 495 g/mol. The summed E-state index contributed by atoms with van der Waals surface area (Å²) in [6.07, 6.45) is 3.29. The van der Waals surface area contributed by atoms with Gasteiger partial charge in [0.2, 0.25) is 0 Å². The van der Waals surface area contributed by atoms with E-state index < -0.39 is 5.60 Å². The summed E-state index contributed by atoms with van der Waals surface area (Å²) >= 11 is 0. The number of benzene rings is 1. The monoisotopic (exact) mass is 528 g/mol. The summed E-state index contributed by atoms with van der Waals surface area (Å²) in [7, 11) is 3.88. The predicted molar refractivity (Wildman–Crippen MR) is 130 cm³/mol. The quantitative estimate of drug-likeness (QED) is 0.278. The molecule has 0 amide bonds. The number of hydrogen-bond acceptors (Lipinski definition) is 5. The molecule has 0 fully saturated rings. The number of aliphatic hydroxyl groups is 1. The third-order valence-electron chi connectivity index (χ3n) is 4.75. The molecule has 0 radical (unpaired) electrons. The van der Waals surface area contributed by atoms with Gasteiger partial charge in [-0.15, -0.1) is 24.0 Å². The number of aliphatic imine (C=N–C) groups is 1. The van der Waals surface area contributed by atoms with E-state index in [4.69, 9.17) is 9.15 Å². The summed E-state index contributed by atoms with van der Waals surface area (Å²) in [4.78, 5) is 6.64. The number of para-hydroxylation sites is 1. The van der Waals surface area contributed by atoms with Gasteiger partial charge >= 0.3 is 0 Å². The number of nitrogens with zero attached hydrogens (tertiary/aromatic N) is 2. The Labute approximate surface area is 195 Å². The lowest BCUT2D eigenvalue weighted by molar-refractivity contribution is 0.0423. The number of halogens is 1. The van der Waals surface area contributed by atoms with Crippen molar-refractivity contribution >= 4 is 29.9 Å². The molecule has 1 aliphatic heterocycles. The number of likely N-dealkylation sites (N-methyl/N-ethyl adjacent to an activating group) is 1. The second-order valence-corrected chi connectivity index (χ2v) is 8.03. The zero-order valence-electron chi connectivity index (χ0n) is 17.9. The van der Waals surface area contributed by atoms with Crippen molar-refractivity contribution in [2.45, 2.75) is 31.4 Å². The third kappa shape index (κ3) is 7.48. The second kappa shape index (κ2) is 11.6. The van der Waals surface area contributed by atoms with Crippen molar-refractivity contribution in [2.24, 2.45) is 4.99 Å². The van der Waals surface area contributed by atoms with Crippen LogP contribution in [0.4, 0.5) is 0 Å². The molecule has 166 valence electrons. The first-order chi connectivity index (χ1) is 13.9. The van der Waals surface area contributed by atoms with Gasteiger partial charge in [-0.2, -0.15) is 0 Å². The van der Waals surface area contributed by atoms with Gasteiger partial charge in [-0.25, -0.2) is 0 Å². The molecule has 2 atom stereocenters. The van der Waals surface area contributed by atoms with E-state index in [2.05, 4.69) is 21.7 Å². The minimum atomic E-state index is -0.910. The van der Waals surface area contributed by atoms with Crippen molar-refractivity contribution in [3.8, 4) is 5.75 Å². The first kappa shape index (κ1) is 24.5. The summed E-state index contributed by atoms with van der Waals surface area (Å²) in [5, 5.41) is 17.5. The van der Waals surface area contributed by atoms with E-state index in [1.54, 1.807) is 13.2 Å². The molecule has 2 aromatic rings. The largest absolute Gasteiger partial charge is 0.493 e. The Hall–Kier alpha value is -1.78. The standard InChI is InChI=1S/C22H32N4O3.HI/c1-22(27,16-26(2)3)15-24-21(23-12-10-17-7-6-13-28-17)25-19-11-14-29-20-9-5-4-8-18(19)20;/h4-9,13,19,27H,10-12,14-16H2,1-3H3,(H2,23,24,25);1H. The predicted octanol–water partition coefficient (Wildman–Crippen LogP) is 2.81. The lowest BCUT2D eigenvalue weighted by Crippen LogP contribution is -2.44. The van der Waals surface area contributed by atoms with Crippen LogP contribution in [0.5, 0.6) is 5.75 Å². The highest BCUT2D eigenvalue weighted by Crippen LogP contribution is 2.31. The minimum Gasteiger partial charge on any atom is -0.493 e. The smallest absolute Gasteiger partial charge is 0.191 e. The molecule has 8 heteroatoms. The Morgan fingerprint density at radius 3 is 2.80 bits per heavy atom. The number of furan rings is 1. The third-order valence-corrected chi connectivity index (χ3v) is 4.75. The second-order valence-electron chi connectivity index (χ2n) is 8.03. The molecule has 2 unspecified atom stereocenters. The summed E-state index contributed by atoms with van der Waals surface area (Å²) < 4.78 is 11.2. The fourth-order valence-corrected chi connectivity index (χ4v) is 3.55. The van der Waals surface area contributed by atoms with Crippen LogP contribution in [0.25, 0.3) is 0 Å². The first-order valence-electron chi connectivity index (χ1n) is 10.1. The zero-order valence-corrected chi connectivity index (χ0v) is 20.3. The van der Waals surface area contributed by atoms with Crippen LogP contribution in [0.3, 0.4) is 0 Å². The number of nitrogens with one attached hydrogen (secondary N) is 2. The molecule has 1 aromatic heterocycles. The fraction of sp³-hybridized carbons (Fsp3) is 0.500. The van der Waals surface area contributed by atoms with Gasteiger partial charge in [0, 0.05) is 31.5 Å². The number of rotatable bonds is 8. The summed E-state index contributed by atoms with van der Waals surface area (Å²) in [5.41, 5.74) is 0.214. The van der Waals surface area contributed by atoms with Gasteiger partial charge in [0.25, 0.3) is 0 Å². The van der Waals surface area contributed by atoms with Crippen molar-refractivity contribution in [1.82, 2.24) is 15.5 Å². The molecule has 30 heavy (non-hydrogen) atoms. The Morgan fingerprint density at radius 2 is 2.07 bits per heavy atom. The summed E-state index contributed by atoms with van der Waals surface area (Å²) in [6, 6.07) is 12.0. The highest BCUT2D eigenvalue weighted by molar-refractivity contribution is 14.0. The highest BCUT2D eigenvalue weighted by Gasteiger charge is 2.24. The Kier molecular flexibility index (Phi) is 9.44. The van der Waals surface area contributed by atoms with Gasteiger partial charge < -0.3 is 29.8 Å². The molecular formula is C22H33IN4O3. The molecule has 0 spiro atoms. The SMILES string of the molecule is CN(C)CC(C)(O)CN=C(NCCc1ccco1)NC1CCOc2ccccc21.I. The van der Waals surface area contributed by atoms with Gasteiger partial charge in [0.1, 0.15) is 11.5 Å². The number of hydrogen-bond donors (Lipinski definition) is 3. The first-order valence-corrected chi connectivity index (χ1v) is 10.1. The normalized spacial score (nSPS) is 18.0. The molecule has 0 saturated carbocycles. The van der Waals surface area contributed by atoms with Crippen molar-refractivity contribution in [2.75, 3.05) is 40.3 Å². The Morgan fingerprint density at radius 1 is 1.27 bits per heavy atom. The lowest BCUT2D eigenvalue weighted by Gasteiger charge is -2.29. The van der Waals surface area contributed by atoms with Crippen LogP contribution >= 0.6 is 24.0 Å². The lowest BCUT2D eigenvalue weighted by atomic mass is 10.0. The Bertz CT molecular complexity index is 793. The van der Waals surface area contributed by atoms with E-state index in [0.29, 0.717) is 32.2 Å². The number of guanidine groups is 1. The molecule has 3 rings (SSSR count). The molecule has 1 aromatic carbocycles. The maximum Gasteiger partial charge on any atom is 0.191 e. The van der Waals surface area contributed by atoms with Crippen LogP contribution < -0.4 is 15.4 Å². The van der Waals surface area contributed by atoms with Crippen LogP contribution in [0.2, 0.25) is 0 Å². The molecule has 1 aliphatic rings. The van der Waals surface area contributed by atoms with Crippen LogP contribution in [0, 0.1) is 0 Å². The van der Waals surface area contributed by atoms with Crippen LogP contribution in [0.1, 0.15) is 30.7 Å². The summed E-state index contributed by atoms with van der Waals surface area (Å²) in [5.74, 6) is 2.51. The number of ether oxygens (including phenoxy) is 1. The maximum atomic E-state index is 10.6. The van der Waals surface area contributed by atoms with Gasteiger partial charge in [-0.1, -0.05) is 18.2 Å². The van der Waals surface area contributed by atoms with Crippen LogP contribution in [0.15, 0.2) is 52.1 Å². The molecule has 0 aliphatic carbocycles. The molecule has 3 N–H and O–H groups in total. The van der Waals surface area contributed by atoms with E-state index in [-0.39, 0.29) is 30.0 Å². The zero-order chi connectivity index (χ0) is 20.7. The maximum absolute atomic E-state index is 10.6. The van der Waals surface area contributed by atoms with Gasteiger partial charge in [-0.3, -0.25) is 4.99 Å². The minimum absolute atomic E-state index is 0. The molecule has 0 bridgehead atoms. The molecule has 2 heterocycles. The van der Waals surface area contributed by atoms with Crippen LogP contribution in [-0.2, 0) is 6.42 Å². The van der Waals surface area contributed by atoms with E-state index >= 15 is 0 Å². The van der Waals surface area contributed by atoms with Gasteiger partial charge in [-0.05, 0) is 39.2 Å². The van der Waals surface area contributed by atoms with Crippen molar-refractivity contribution in [3.63, 3.8) is 0 Å². The average molecular weight is 528 g/mol. The number of fused-ring (bicyclic) bond motifs is 1. The van der Waals surface area contributed by atoms with Gasteiger partial charge in [0.05, 0.1) is 31.1 Å². The van der Waals surface area contributed by atoms with Crippen molar-refractivity contribution in [3.05, 3.63) is 54.0 Å². The van der Waals surface area contributed by atoms with E-state index in [0.717, 1.165) is 29.9 Å². The van der Waals surface area contributed by atoms with Crippen molar-refractivity contribution in [1.29, 1.82) is 0 Å². The van der Waals surface area contributed by atoms with E-state index in [1.807, 2.05) is 49.3 Å². The Balaban J connectivity index is 0.00000320. The van der Waals surface area contributed by atoms with E-state index in [9.17, 15) is 5.11 Å². The highest BCUT2D eigenvalue weighted by atomic mass is 127. The van der Waals surface area contributed by atoms with Gasteiger partial charge in [0.15, 0.2) is 5.96 Å². The topological polar surface area (TPSA) is 82.3 Å². The molecule has 0 saturated heterocycles. The van der Waals surface area contributed by atoms with Crippen molar-refractivity contribution < 1.29 is 14.3 Å². The van der Waals surface area contributed by atoms with Crippen LogP contribution in [-0.4, -0.2) is 61.9 Å². The van der Waals surface area contributed by atoms with E-state index in [1.165, 1.54) is 0 Å². The summed E-state index contributed by atoms with van der Waals surface area (Å²) in [6.45, 7) is 3.98. The fourth-order valence-electron chi connectivity index (χ4n) is 3.55. The average Bonchev–Trinajstić information content (AvgIpc) is 3.19. The molecule has 7 nitrogen and oxygen atoms in total.